The van der Waals surface area contributed by atoms with Crippen molar-refractivity contribution in [2.24, 2.45) is 5.92 Å². The fourth-order valence-corrected chi connectivity index (χ4v) is 4.25. The van der Waals surface area contributed by atoms with Gasteiger partial charge in [-0.25, -0.2) is 13.1 Å². The van der Waals surface area contributed by atoms with Crippen molar-refractivity contribution < 1.29 is 8.42 Å². The number of pyridine rings is 1. The highest BCUT2D eigenvalue weighted by molar-refractivity contribution is 7.89. The lowest BCUT2D eigenvalue weighted by Crippen LogP contribution is -2.31. The third-order valence-electron chi connectivity index (χ3n) is 4.23. The summed E-state index contributed by atoms with van der Waals surface area (Å²) in [7, 11) is -3.48. The number of benzene rings is 1. The quantitative estimate of drug-likeness (QED) is 0.883. The molecule has 2 heterocycles. The van der Waals surface area contributed by atoms with E-state index in [-0.39, 0.29) is 0 Å². The van der Waals surface area contributed by atoms with E-state index < -0.39 is 10.0 Å². The Morgan fingerprint density at radius 2 is 2.05 bits per heavy atom. The van der Waals surface area contributed by atoms with Gasteiger partial charge in [0.05, 0.1) is 4.90 Å². The fourth-order valence-electron chi connectivity index (χ4n) is 2.97. The Balaban J connectivity index is 1.71. The molecule has 1 aromatic heterocycles. The number of fused-ring (bicyclic) bond motifs is 1. The summed E-state index contributed by atoms with van der Waals surface area (Å²) in [5.41, 5.74) is 0. The number of aromatic nitrogens is 1. The van der Waals surface area contributed by atoms with Gasteiger partial charge in [-0.2, -0.15) is 0 Å². The molecule has 1 aliphatic rings. The van der Waals surface area contributed by atoms with Crippen LogP contribution < -0.4 is 10.0 Å². The number of piperidine rings is 1. The molecule has 118 valence electrons. The molecule has 2 aromatic rings. The molecule has 0 aliphatic carbocycles. The molecule has 0 radical (unpaired) electrons. The van der Waals surface area contributed by atoms with E-state index in [0.29, 0.717) is 22.7 Å². The third-order valence-corrected chi connectivity index (χ3v) is 5.75. The van der Waals surface area contributed by atoms with Crippen molar-refractivity contribution in [2.45, 2.75) is 24.2 Å². The molecular formula is C16H21N3O2S. The van der Waals surface area contributed by atoms with Crippen LogP contribution in [0.15, 0.2) is 41.6 Å². The Labute approximate surface area is 131 Å². The molecule has 5 nitrogen and oxygen atoms in total. The highest BCUT2D eigenvalue weighted by atomic mass is 32.2. The number of hydrogen-bond acceptors (Lipinski definition) is 4. The second-order valence-electron chi connectivity index (χ2n) is 5.73. The monoisotopic (exact) mass is 319 g/mol. The molecule has 3 rings (SSSR count). The van der Waals surface area contributed by atoms with E-state index in [0.717, 1.165) is 37.7 Å². The zero-order valence-electron chi connectivity index (χ0n) is 12.5. The standard InChI is InChI=1S/C16H21N3O2S/c20-22(21,19-11-6-13-4-8-17-9-5-13)16-3-1-2-14-12-18-10-7-15(14)16/h1-3,7,10,12-13,17,19H,4-6,8-9,11H2. The third kappa shape index (κ3) is 3.45. The maximum absolute atomic E-state index is 12.5. The highest BCUT2D eigenvalue weighted by Crippen LogP contribution is 2.22. The molecule has 1 fully saturated rings. The SMILES string of the molecule is O=S(=O)(NCCC1CCNCC1)c1cccc2cnccc12. The van der Waals surface area contributed by atoms with Crippen molar-refractivity contribution in [1.82, 2.24) is 15.0 Å². The van der Waals surface area contributed by atoms with Crippen LogP contribution in [0.1, 0.15) is 19.3 Å². The number of sulfonamides is 1. The van der Waals surface area contributed by atoms with Crippen molar-refractivity contribution in [1.29, 1.82) is 0 Å². The summed E-state index contributed by atoms with van der Waals surface area (Å²) in [5, 5.41) is 4.87. The van der Waals surface area contributed by atoms with Gasteiger partial charge in [-0.05, 0) is 50.4 Å². The first-order chi connectivity index (χ1) is 10.7. The Bertz CT molecular complexity index is 735. The van der Waals surface area contributed by atoms with Crippen LogP contribution in [0.3, 0.4) is 0 Å². The van der Waals surface area contributed by atoms with Crippen molar-refractivity contribution in [3.63, 3.8) is 0 Å². The van der Waals surface area contributed by atoms with Crippen LogP contribution in [0.4, 0.5) is 0 Å². The van der Waals surface area contributed by atoms with Crippen LogP contribution in [0.5, 0.6) is 0 Å². The van der Waals surface area contributed by atoms with E-state index in [9.17, 15) is 8.42 Å². The summed E-state index contributed by atoms with van der Waals surface area (Å²) in [4.78, 5) is 4.37. The van der Waals surface area contributed by atoms with E-state index in [1.54, 1.807) is 30.6 Å². The molecule has 6 heteroatoms. The number of hydrogen-bond donors (Lipinski definition) is 2. The van der Waals surface area contributed by atoms with Crippen LogP contribution in [0, 0.1) is 5.92 Å². The van der Waals surface area contributed by atoms with E-state index in [2.05, 4.69) is 15.0 Å². The summed E-state index contributed by atoms with van der Waals surface area (Å²) in [6.45, 7) is 2.57. The molecule has 0 saturated carbocycles. The van der Waals surface area contributed by atoms with E-state index >= 15 is 0 Å². The Morgan fingerprint density at radius 1 is 1.23 bits per heavy atom. The predicted molar refractivity (Wildman–Crippen MR) is 87.1 cm³/mol. The maximum atomic E-state index is 12.5. The Kier molecular flexibility index (Phi) is 4.71. The maximum Gasteiger partial charge on any atom is 0.241 e. The predicted octanol–water partition coefficient (Wildman–Crippen LogP) is 1.90. The first-order valence-electron chi connectivity index (χ1n) is 7.70. The number of rotatable bonds is 5. The van der Waals surface area contributed by atoms with Gasteiger partial charge in [0.15, 0.2) is 0 Å². The van der Waals surface area contributed by atoms with Crippen LogP contribution in [0.2, 0.25) is 0 Å². The van der Waals surface area contributed by atoms with Gasteiger partial charge in [-0.3, -0.25) is 4.98 Å². The Hall–Kier alpha value is -1.50. The van der Waals surface area contributed by atoms with Crippen molar-refractivity contribution >= 4 is 20.8 Å². The first kappa shape index (κ1) is 15.4. The van der Waals surface area contributed by atoms with Crippen LogP contribution in [0.25, 0.3) is 10.8 Å². The summed E-state index contributed by atoms with van der Waals surface area (Å²) < 4.78 is 27.8. The van der Waals surface area contributed by atoms with Gasteiger partial charge in [0.2, 0.25) is 10.0 Å². The summed E-state index contributed by atoms with van der Waals surface area (Å²) in [6.07, 6.45) is 6.45. The molecular weight excluding hydrogens is 298 g/mol. The molecule has 0 atom stereocenters. The van der Waals surface area contributed by atoms with Crippen LogP contribution in [-0.4, -0.2) is 33.0 Å². The van der Waals surface area contributed by atoms with Gasteiger partial charge < -0.3 is 5.32 Å². The Morgan fingerprint density at radius 3 is 2.86 bits per heavy atom. The van der Waals surface area contributed by atoms with E-state index in [1.807, 2.05) is 6.07 Å². The minimum atomic E-state index is -3.48. The summed E-state index contributed by atoms with van der Waals surface area (Å²) in [5.74, 6) is 0.612. The van der Waals surface area contributed by atoms with Gasteiger partial charge in [-0.1, -0.05) is 12.1 Å². The van der Waals surface area contributed by atoms with Gasteiger partial charge in [0, 0.05) is 29.7 Å². The van der Waals surface area contributed by atoms with Crippen LogP contribution in [-0.2, 0) is 10.0 Å². The van der Waals surface area contributed by atoms with Crippen molar-refractivity contribution in [2.75, 3.05) is 19.6 Å². The number of nitrogens with zero attached hydrogens (tertiary/aromatic N) is 1. The molecule has 2 N–H and O–H groups in total. The largest absolute Gasteiger partial charge is 0.317 e. The molecule has 22 heavy (non-hydrogen) atoms. The lowest BCUT2D eigenvalue weighted by Gasteiger charge is -2.22. The molecule has 0 bridgehead atoms. The molecule has 1 saturated heterocycles. The second kappa shape index (κ2) is 6.73. The lowest BCUT2D eigenvalue weighted by molar-refractivity contribution is 0.354. The summed E-state index contributed by atoms with van der Waals surface area (Å²) >= 11 is 0. The zero-order valence-corrected chi connectivity index (χ0v) is 13.3. The average molecular weight is 319 g/mol. The van der Waals surface area contributed by atoms with Gasteiger partial charge in [-0.15, -0.1) is 0 Å². The average Bonchev–Trinajstić information content (AvgIpc) is 2.55. The fraction of sp³-hybridized carbons (Fsp3) is 0.438. The molecule has 1 aliphatic heterocycles. The van der Waals surface area contributed by atoms with Crippen molar-refractivity contribution in [3.8, 4) is 0 Å². The van der Waals surface area contributed by atoms with E-state index in [4.69, 9.17) is 0 Å². The van der Waals surface area contributed by atoms with Gasteiger partial charge in [0.25, 0.3) is 0 Å². The second-order valence-corrected chi connectivity index (χ2v) is 7.47. The smallest absolute Gasteiger partial charge is 0.241 e. The number of nitrogens with one attached hydrogen (secondary N) is 2. The van der Waals surface area contributed by atoms with E-state index in [1.165, 1.54) is 0 Å². The highest BCUT2D eigenvalue weighted by Gasteiger charge is 2.18. The molecule has 1 aromatic carbocycles. The summed E-state index contributed by atoms with van der Waals surface area (Å²) in [6, 6.07) is 7.02. The molecule has 0 unspecified atom stereocenters. The van der Waals surface area contributed by atoms with Gasteiger partial charge >= 0.3 is 0 Å². The lowest BCUT2D eigenvalue weighted by atomic mass is 9.95. The van der Waals surface area contributed by atoms with Crippen LogP contribution >= 0.6 is 0 Å². The van der Waals surface area contributed by atoms with Gasteiger partial charge in [0.1, 0.15) is 0 Å². The first-order valence-corrected chi connectivity index (χ1v) is 9.18. The molecule has 0 spiro atoms. The molecule has 0 amide bonds. The minimum Gasteiger partial charge on any atom is -0.317 e. The normalized spacial score (nSPS) is 16.9. The van der Waals surface area contributed by atoms with Crippen molar-refractivity contribution in [3.05, 3.63) is 36.7 Å². The topological polar surface area (TPSA) is 71.1 Å². The zero-order chi connectivity index (χ0) is 15.4. The minimum absolute atomic E-state index is 0.331.